The van der Waals surface area contributed by atoms with E-state index in [0.29, 0.717) is 11.6 Å². The predicted molar refractivity (Wildman–Crippen MR) is 65.2 cm³/mol. The molecule has 1 unspecified atom stereocenters. The molecule has 1 atom stereocenters. The summed E-state index contributed by atoms with van der Waals surface area (Å²) >= 11 is 0. The van der Waals surface area contributed by atoms with Crippen molar-refractivity contribution in [2.24, 2.45) is 0 Å². The van der Waals surface area contributed by atoms with Gasteiger partial charge >= 0.3 is 0 Å². The normalized spacial score (nSPS) is 19.6. The Kier molecular flexibility index (Phi) is 3.31. The molecule has 0 aromatic heterocycles. The van der Waals surface area contributed by atoms with Gasteiger partial charge in [-0.1, -0.05) is 6.92 Å². The van der Waals surface area contributed by atoms with E-state index in [1.807, 2.05) is 4.90 Å². The highest BCUT2D eigenvalue weighted by atomic mass is 19.1. The summed E-state index contributed by atoms with van der Waals surface area (Å²) in [5.41, 5.74) is 6.32. The molecule has 1 heterocycles. The van der Waals surface area contributed by atoms with Gasteiger partial charge in [0.1, 0.15) is 5.82 Å². The number of hydrogen-bond acceptors (Lipinski definition) is 2. The van der Waals surface area contributed by atoms with Crippen molar-refractivity contribution in [2.45, 2.75) is 32.2 Å². The third-order valence-electron chi connectivity index (χ3n) is 3.35. The molecule has 1 aliphatic rings. The van der Waals surface area contributed by atoms with E-state index in [1.54, 1.807) is 0 Å². The maximum Gasteiger partial charge on any atom is 0.256 e. The van der Waals surface area contributed by atoms with Crippen LogP contribution in [0.5, 0.6) is 0 Å². The number of anilines is 1. The van der Waals surface area contributed by atoms with E-state index >= 15 is 0 Å². The minimum atomic E-state index is -0.410. The second-order valence-corrected chi connectivity index (χ2v) is 4.43. The molecule has 0 saturated carbocycles. The Bertz CT molecular complexity index is 433. The van der Waals surface area contributed by atoms with Gasteiger partial charge in [0.2, 0.25) is 0 Å². The van der Waals surface area contributed by atoms with Crippen LogP contribution in [-0.2, 0) is 0 Å². The fourth-order valence-electron chi connectivity index (χ4n) is 2.41. The second kappa shape index (κ2) is 4.73. The number of carbonyl (C=O) groups excluding carboxylic acids is 1. The van der Waals surface area contributed by atoms with E-state index in [1.165, 1.54) is 18.2 Å². The van der Waals surface area contributed by atoms with Crippen molar-refractivity contribution in [2.75, 3.05) is 12.3 Å². The first-order valence-electron chi connectivity index (χ1n) is 5.99. The summed E-state index contributed by atoms with van der Waals surface area (Å²) in [6.45, 7) is 2.85. The Labute approximate surface area is 100 Å². The van der Waals surface area contributed by atoms with Crippen LogP contribution in [0.4, 0.5) is 10.1 Å². The van der Waals surface area contributed by atoms with Gasteiger partial charge in [0.05, 0.1) is 5.56 Å². The van der Waals surface area contributed by atoms with Crippen molar-refractivity contribution in [3.05, 3.63) is 29.6 Å². The van der Waals surface area contributed by atoms with Crippen molar-refractivity contribution in [1.29, 1.82) is 0 Å². The molecule has 0 aliphatic carbocycles. The zero-order valence-corrected chi connectivity index (χ0v) is 9.95. The first kappa shape index (κ1) is 11.9. The number of benzene rings is 1. The molecule has 4 heteroatoms. The molecular formula is C13H17FN2O. The number of nitrogens with two attached hydrogens (primary N) is 1. The number of amides is 1. The molecule has 1 amide bonds. The van der Waals surface area contributed by atoms with E-state index in [9.17, 15) is 9.18 Å². The Balaban J connectivity index is 2.24. The summed E-state index contributed by atoms with van der Waals surface area (Å²) < 4.78 is 12.9. The largest absolute Gasteiger partial charge is 0.398 e. The van der Waals surface area contributed by atoms with E-state index in [0.717, 1.165) is 25.8 Å². The quantitative estimate of drug-likeness (QED) is 0.801. The zero-order chi connectivity index (χ0) is 12.4. The van der Waals surface area contributed by atoms with E-state index < -0.39 is 5.82 Å². The molecule has 0 spiro atoms. The Morgan fingerprint density at radius 3 is 3.00 bits per heavy atom. The van der Waals surface area contributed by atoms with Crippen LogP contribution < -0.4 is 5.73 Å². The van der Waals surface area contributed by atoms with E-state index in [2.05, 4.69) is 6.92 Å². The highest BCUT2D eigenvalue weighted by molar-refractivity contribution is 5.99. The summed E-state index contributed by atoms with van der Waals surface area (Å²) in [6, 6.07) is 4.25. The Morgan fingerprint density at radius 1 is 1.59 bits per heavy atom. The third-order valence-corrected chi connectivity index (χ3v) is 3.35. The fourth-order valence-corrected chi connectivity index (χ4v) is 2.41. The minimum absolute atomic E-state index is 0.0770. The molecule has 0 radical (unpaired) electrons. The van der Waals surface area contributed by atoms with Gasteiger partial charge in [-0.05, 0) is 37.5 Å². The number of carbonyl (C=O) groups is 1. The third kappa shape index (κ3) is 2.25. The van der Waals surface area contributed by atoms with Crippen LogP contribution in [0.1, 0.15) is 36.5 Å². The molecule has 2 N–H and O–H groups in total. The lowest BCUT2D eigenvalue weighted by Gasteiger charge is -2.24. The number of halogens is 1. The maximum absolute atomic E-state index is 12.9. The topological polar surface area (TPSA) is 46.3 Å². The van der Waals surface area contributed by atoms with Gasteiger partial charge in [-0.25, -0.2) is 4.39 Å². The number of nitrogens with zero attached hydrogens (tertiary/aromatic N) is 1. The number of hydrogen-bond donors (Lipinski definition) is 1. The van der Waals surface area contributed by atoms with Crippen LogP contribution in [0.2, 0.25) is 0 Å². The lowest BCUT2D eigenvalue weighted by molar-refractivity contribution is 0.0734. The molecule has 92 valence electrons. The van der Waals surface area contributed by atoms with Gasteiger partial charge in [0.15, 0.2) is 0 Å². The molecule has 2 rings (SSSR count). The van der Waals surface area contributed by atoms with Crippen LogP contribution in [0.3, 0.4) is 0 Å². The van der Waals surface area contributed by atoms with Crippen LogP contribution in [0.15, 0.2) is 18.2 Å². The fraction of sp³-hybridized carbons (Fsp3) is 0.462. The summed E-state index contributed by atoms with van der Waals surface area (Å²) in [7, 11) is 0. The van der Waals surface area contributed by atoms with Gasteiger partial charge in [-0.2, -0.15) is 0 Å². The maximum atomic E-state index is 12.9. The van der Waals surface area contributed by atoms with Gasteiger partial charge in [0.25, 0.3) is 5.91 Å². The van der Waals surface area contributed by atoms with Crippen LogP contribution >= 0.6 is 0 Å². The SMILES string of the molecule is CCC1CCCN1C(=O)c1ccc(F)cc1N. The molecule has 1 aromatic rings. The average molecular weight is 236 g/mol. The lowest BCUT2D eigenvalue weighted by atomic mass is 10.1. The first-order valence-corrected chi connectivity index (χ1v) is 5.99. The summed E-state index contributed by atoms with van der Waals surface area (Å²) in [5.74, 6) is -0.487. The molecule has 1 aliphatic heterocycles. The van der Waals surface area contributed by atoms with Crippen molar-refractivity contribution in [1.82, 2.24) is 4.90 Å². The smallest absolute Gasteiger partial charge is 0.256 e. The molecule has 17 heavy (non-hydrogen) atoms. The van der Waals surface area contributed by atoms with E-state index in [4.69, 9.17) is 5.73 Å². The standard InChI is InChI=1S/C13H17FN2O/c1-2-10-4-3-7-16(10)13(17)11-6-5-9(14)8-12(11)15/h5-6,8,10H,2-4,7,15H2,1H3. The Hall–Kier alpha value is -1.58. The second-order valence-electron chi connectivity index (χ2n) is 4.43. The molecule has 1 fully saturated rings. The van der Waals surface area contributed by atoms with Gasteiger partial charge < -0.3 is 10.6 Å². The highest BCUT2D eigenvalue weighted by Crippen LogP contribution is 2.24. The van der Waals surface area contributed by atoms with Crippen LogP contribution in [0.25, 0.3) is 0 Å². The van der Waals surface area contributed by atoms with E-state index in [-0.39, 0.29) is 11.6 Å². The predicted octanol–water partition coefficient (Wildman–Crippen LogP) is 2.42. The summed E-state index contributed by atoms with van der Waals surface area (Å²) in [4.78, 5) is 14.1. The zero-order valence-electron chi connectivity index (χ0n) is 9.95. The molecular weight excluding hydrogens is 219 g/mol. The average Bonchev–Trinajstić information content (AvgIpc) is 2.76. The monoisotopic (exact) mass is 236 g/mol. The van der Waals surface area contributed by atoms with Crippen molar-refractivity contribution in [3.8, 4) is 0 Å². The molecule has 1 saturated heterocycles. The lowest BCUT2D eigenvalue weighted by Crippen LogP contribution is -2.35. The van der Waals surface area contributed by atoms with Crippen LogP contribution in [0, 0.1) is 5.82 Å². The number of nitrogen functional groups attached to an aromatic ring is 1. The molecule has 0 bridgehead atoms. The van der Waals surface area contributed by atoms with Gasteiger partial charge in [-0.15, -0.1) is 0 Å². The minimum Gasteiger partial charge on any atom is -0.398 e. The number of likely N-dealkylation sites (tertiary alicyclic amines) is 1. The number of rotatable bonds is 2. The van der Waals surface area contributed by atoms with Gasteiger partial charge in [-0.3, -0.25) is 4.79 Å². The van der Waals surface area contributed by atoms with Crippen molar-refractivity contribution < 1.29 is 9.18 Å². The summed E-state index contributed by atoms with van der Waals surface area (Å²) in [5, 5.41) is 0. The van der Waals surface area contributed by atoms with Crippen molar-refractivity contribution >= 4 is 11.6 Å². The van der Waals surface area contributed by atoms with Crippen LogP contribution in [-0.4, -0.2) is 23.4 Å². The molecule has 1 aromatic carbocycles. The van der Waals surface area contributed by atoms with Gasteiger partial charge in [0, 0.05) is 18.3 Å². The highest BCUT2D eigenvalue weighted by Gasteiger charge is 2.28. The van der Waals surface area contributed by atoms with Crippen molar-refractivity contribution in [3.63, 3.8) is 0 Å². The Morgan fingerprint density at radius 2 is 2.35 bits per heavy atom. The molecule has 3 nitrogen and oxygen atoms in total. The summed E-state index contributed by atoms with van der Waals surface area (Å²) in [6.07, 6.45) is 3.03. The first-order chi connectivity index (χ1) is 8.13.